The molecule has 0 unspecified atom stereocenters. The van der Waals surface area contributed by atoms with E-state index in [0.717, 1.165) is 0 Å². The Labute approximate surface area is 498 Å². The van der Waals surface area contributed by atoms with Crippen molar-refractivity contribution in [1.29, 1.82) is 0 Å². The number of nitrogens with zero attached hydrogens (tertiary/aromatic N) is 1. The fourth-order valence-corrected chi connectivity index (χ4v) is 9.75. The minimum atomic E-state index is -1.75. The number of hydrazine groups is 1. The average Bonchev–Trinajstić information content (AvgIpc) is 3.15. The number of nitrogens with two attached hydrogens (primary N) is 2. The first kappa shape index (κ1) is 65.6. The van der Waals surface area contributed by atoms with Gasteiger partial charge in [0.1, 0.15) is 59.9 Å². The molecule has 0 bridgehead atoms. The van der Waals surface area contributed by atoms with Gasteiger partial charge in [-0.15, -0.1) is 0 Å². The van der Waals surface area contributed by atoms with Gasteiger partial charge in [0.05, 0.1) is 12.0 Å². The van der Waals surface area contributed by atoms with E-state index in [0.29, 0.717) is 27.6 Å². The van der Waals surface area contributed by atoms with Gasteiger partial charge in [0, 0.05) is 55.5 Å². The quantitative estimate of drug-likeness (QED) is 0.0292. The molecule has 458 valence electrons. The molecular weight excluding hydrogens is 1130 g/mol. The van der Waals surface area contributed by atoms with Crippen LogP contribution in [-0.4, -0.2) is 152 Å². The van der Waals surface area contributed by atoms with Gasteiger partial charge in [-0.05, 0) is 98.1 Å². The normalized spacial score (nSPS) is 18.5. The summed E-state index contributed by atoms with van der Waals surface area (Å²) in [6.07, 6.45) is 2.94. The molecule has 1 aliphatic heterocycles. The van der Waals surface area contributed by atoms with E-state index in [1.165, 1.54) is 61.3 Å². The van der Waals surface area contributed by atoms with Gasteiger partial charge < -0.3 is 74.2 Å². The molecule has 1 saturated heterocycles. The molecule has 17 N–H and O–H groups in total. The molecule has 1 fully saturated rings. The molecular formula is C58H72N14O13S. The first-order valence-electron chi connectivity index (χ1n) is 27.7. The number of carbonyl (C=O) groups is 11. The number of hydrogen-bond acceptors (Lipinski definition) is 16. The molecule has 28 heteroatoms. The van der Waals surface area contributed by atoms with E-state index in [9.17, 15) is 63.0 Å². The Morgan fingerprint density at radius 3 is 2.10 bits per heavy atom. The van der Waals surface area contributed by atoms with E-state index >= 15 is 0 Å². The maximum absolute atomic E-state index is 14.9. The summed E-state index contributed by atoms with van der Waals surface area (Å²) in [5.41, 5.74) is 10.4. The number of nitrogen functional groups attached to an aromatic ring is 1. The number of thioether (sulfide) groups is 1. The number of aromatic amines is 1. The predicted octanol–water partition coefficient (Wildman–Crippen LogP) is -0.413. The monoisotopic (exact) mass is 1200 g/mol. The number of aliphatic carboxylic acids is 1. The summed E-state index contributed by atoms with van der Waals surface area (Å²) >= 11 is 1.31. The molecule has 3 aromatic carbocycles. The van der Waals surface area contributed by atoms with Crippen LogP contribution in [0.25, 0.3) is 10.9 Å². The smallest absolute Gasteiger partial charge is 0.305 e. The third kappa shape index (κ3) is 20.1. The van der Waals surface area contributed by atoms with Crippen molar-refractivity contribution in [2.45, 2.75) is 119 Å². The van der Waals surface area contributed by atoms with E-state index in [1.54, 1.807) is 67.0 Å². The van der Waals surface area contributed by atoms with E-state index in [4.69, 9.17) is 11.6 Å². The summed E-state index contributed by atoms with van der Waals surface area (Å²) in [7, 11) is 0. The van der Waals surface area contributed by atoms with Crippen molar-refractivity contribution in [3.05, 3.63) is 126 Å². The number of rotatable bonds is 23. The number of H-pyrrole nitrogens is 1. The molecule has 0 spiro atoms. The molecule has 3 heterocycles. The highest BCUT2D eigenvalue weighted by atomic mass is 32.2. The van der Waals surface area contributed by atoms with Gasteiger partial charge >= 0.3 is 5.97 Å². The van der Waals surface area contributed by atoms with Crippen LogP contribution in [0.5, 0.6) is 5.75 Å². The lowest BCUT2D eigenvalue weighted by atomic mass is 10.0. The number of aromatic hydroxyl groups is 1. The number of pyridine rings is 1. The summed E-state index contributed by atoms with van der Waals surface area (Å²) < 4.78 is 0. The first-order chi connectivity index (χ1) is 41.2. The van der Waals surface area contributed by atoms with Crippen LogP contribution in [0.3, 0.4) is 0 Å². The number of carboxylic acids is 1. The van der Waals surface area contributed by atoms with Gasteiger partial charge in [0.15, 0.2) is 0 Å². The molecule has 2 aromatic heterocycles. The molecule has 0 saturated carbocycles. The highest BCUT2D eigenvalue weighted by molar-refractivity contribution is 7.98. The standard InChI is InChI=1S/C58H72N14O13S/c1-32-51(78)69-44(27-34-15-18-37(73)19-16-34)56(83)66-40(14-8-9-24-61-53(80)41(20-22-48(74)64-32)65-52(79)35-17-21-47(72-60)63-30-35)54(81)70-45(28-36-31-62-39-13-7-6-12-38(36)39)57(84)67-42(23-25-86-2)55(82)71-46(29-49(75)76)58(85)68-43(50(59)77)26-33-10-4-3-5-11-33/h3-7,10-13,15-19,21,30-32,40-46,62,73H,8-9,14,20,22-29,60H2,1-2H3,(H2,59,77)(H,61,80)(H,63,72)(H,64,74)(H,65,79)(H,66,83)(H,67,84)(H,68,85)(H,69,78)(H,70,81)(H,71,82)(H,75,76)/t32-,40+,41+,42+,43-,44-,45-,46-/m0/s1. The van der Waals surface area contributed by atoms with E-state index in [1.807, 2.05) is 0 Å². The van der Waals surface area contributed by atoms with Gasteiger partial charge in [-0.3, -0.25) is 52.7 Å². The van der Waals surface area contributed by atoms with Gasteiger partial charge in [-0.2, -0.15) is 11.8 Å². The van der Waals surface area contributed by atoms with Crippen LogP contribution >= 0.6 is 11.8 Å². The van der Waals surface area contributed by atoms with Crippen LogP contribution in [0.2, 0.25) is 0 Å². The van der Waals surface area contributed by atoms with Crippen molar-refractivity contribution in [1.82, 2.24) is 57.8 Å². The number of carboxylic acid groups (broad SMARTS) is 1. The van der Waals surface area contributed by atoms with Crippen LogP contribution in [0, 0.1) is 0 Å². The van der Waals surface area contributed by atoms with Crippen LogP contribution in [0.4, 0.5) is 5.82 Å². The lowest BCUT2D eigenvalue weighted by Crippen LogP contribution is -2.60. The van der Waals surface area contributed by atoms with Crippen molar-refractivity contribution in [3.63, 3.8) is 0 Å². The fourth-order valence-electron chi connectivity index (χ4n) is 9.28. The van der Waals surface area contributed by atoms with Crippen molar-refractivity contribution in [2.75, 3.05) is 24.0 Å². The number of carbonyl (C=O) groups excluding carboxylic acids is 10. The molecule has 27 nitrogen and oxygen atoms in total. The zero-order valence-corrected chi connectivity index (χ0v) is 48.1. The second kappa shape index (κ2) is 32.5. The van der Waals surface area contributed by atoms with Crippen molar-refractivity contribution in [3.8, 4) is 5.75 Å². The SMILES string of the molecule is CSCC[C@@H](NC(=O)[C@H](Cc1c[nH]c2ccccc12)NC(=O)[C@H]1CCCCNC(=O)[C@H](NC(=O)c2ccc(NN)nc2)CCC(=O)N[C@@H](C)C(=O)N[C@@H](Cc2ccc(O)cc2)C(=O)N1)C(=O)N[C@@H](CC(=O)O)C(=O)N[C@@H](Cc1ccccc1)C(N)=O. The molecule has 0 radical (unpaired) electrons. The molecule has 10 amide bonds. The number of hydrogen-bond donors (Lipinski definition) is 15. The van der Waals surface area contributed by atoms with Crippen molar-refractivity contribution < 1.29 is 63.0 Å². The Hall–Kier alpha value is -9.57. The van der Waals surface area contributed by atoms with Gasteiger partial charge in [-0.25, -0.2) is 10.8 Å². The number of fused-ring (bicyclic) bond motifs is 1. The zero-order chi connectivity index (χ0) is 62.3. The summed E-state index contributed by atoms with van der Waals surface area (Å²) in [5, 5.41) is 44.2. The third-order valence-electron chi connectivity index (χ3n) is 14.0. The van der Waals surface area contributed by atoms with Crippen LogP contribution < -0.4 is 64.9 Å². The van der Waals surface area contributed by atoms with E-state index in [-0.39, 0.29) is 87.2 Å². The summed E-state index contributed by atoms with van der Waals surface area (Å²) in [6.45, 7) is 1.36. The Balaban J connectivity index is 1.28. The molecule has 6 rings (SSSR count). The summed E-state index contributed by atoms with van der Waals surface area (Å²) in [5.74, 6) is -3.98. The second-order valence-corrected chi connectivity index (χ2v) is 21.5. The number of amides is 10. The number of para-hydroxylation sites is 1. The van der Waals surface area contributed by atoms with E-state index in [2.05, 4.69) is 63.2 Å². The fraction of sp³-hybridized carbons (Fsp3) is 0.379. The number of phenols is 1. The molecule has 86 heavy (non-hydrogen) atoms. The van der Waals surface area contributed by atoms with Gasteiger partial charge in [0.2, 0.25) is 53.2 Å². The van der Waals surface area contributed by atoms with Crippen LogP contribution in [-0.2, 0) is 67.2 Å². The lowest BCUT2D eigenvalue weighted by molar-refractivity contribution is -0.141. The highest BCUT2D eigenvalue weighted by Crippen LogP contribution is 2.21. The minimum Gasteiger partial charge on any atom is -0.508 e. The predicted molar refractivity (Wildman–Crippen MR) is 317 cm³/mol. The third-order valence-corrected chi connectivity index (χ3v) is 14.7. The first-order valence-corrected chi connectivity index (χ1v) is 29.1. The Morgan fingerprint density at radius 1 is 0.733 bits per heavy atom. The van der Waals surface area contributed by atoms with Crippen LogP contribution in [0.1, 0.15) is 78.9 Å². The number of nitrogens with one attached hydrogen (secondary N) is 11. The summed E-state index contributed by atoms with van der Waals surface area (Å²) in [4.78, 5) is 158. The number of aromatic nitrogens is 2. The molecule has 5 aromatic rings. The van der Waals surface area contributed by atoms with Crippen LogP contribution in [0.15, 0.2) is 103 Å². The topological polar surface area (TPSA) is 429 Å². The highest BCUT2D eigenvalue weighted by Gasteiger charge is 2.35. The lowest BCUT2D eigenvalue weighted by Gasteiger charge is -2.28. The Morgan fingerprint density at radius 2 is 1.42 bits per heavy atom. The number of primary amides is 1. The number of anilines is 1. The maximum Gasteiger partial charge on any atom is 0.305 e. The second-order valence-electron chi connectivity index (χ2n) is 20.5. The minimum absolute atomic E-state index is 0.00579. The molecule has 1 aliphatic rings. The van der Waals surface area contributed by atoms with E-state index < -0.39 is 120 Å². The Kier molecular flexibility index (Phi) is 24.8. The van der Waals surface area contributed by atoms with Gasteiger partial charge in [-0.1, -0.05) is 60.7 Å². The number of benzene rings is 3. The molecule has 8 atom stereocenters. The van der Waals surface area contributed by atoms with Crippen molar-refractivity contribution >= 4 is 93.5 Å². The van der Waals surface area contributed by atoms with Gasteiger partial charge in [0.25, 0.3) is 5.91 Å². The summed E-state index contributed by atoms with van der Waals surface area (Å²) in [6, 6.07) is 13.0. The zero-order valence-electron chi connectivity index (χ0n) is 47.3. The largest absolute Gasteiger partial charge is 0.508 e. The Bertz CT molecular complexity index is 3200. The molecule has 0 aliphatic carbocycles. The number of phenolic OH excluding ortho intramolecular Hbond substituents is 1. The maximum atomic E-state index is 14.9. The average molecular weight is 1210 g/mol. The van der Waals surface area contributed by atoms with Crippen molar-refractivity contribution in [2.24, 2.45) is 11.6 Å².